The van der Waals surface area contributed by atoms with Gasteiger partial charge in [-0.3, -0.25) is 9.36 Å². The summed E-state index contributed by atoms with van der Waals surface area (Å²) in [7, 11) is 0. The van der Waals surface area contributed by atoms with Crippen molar-refractivity contribution in [1.29, 1.82) is 0 Å². The summed E-state index contributed by atoms with van der Waals surface area (Å²) in [5.74, 6) is 0.462. The summed E-state index contributed by atoms with van der Waals surface area (Å²) < 4.78 is 21.5. The molecule has 0 aliphatic heterocycles. The Labute approximate surface area is 202 Å². The van der Waals surface area contributed by atoms with E-state index < -0.39 is 5.82 Å². The van der Waals surface area contributed by atoms with Crippen LogP contribution in [0.25, 0.3) is 5.69 Å². The van der Waals surface area contributed by atoms with Gasteiger partial charge in [0.1, 0.15) is 6.61 Å². The molecular weight excluding hydrogens is 451 g/mol. The Morgan fingerprint density at radius 3 is 2.35 bits per heavy atom. The summed E-state index contributed by atoms with van der Waals surface area (Å²) in [6.45, 7) is 3.17. The number of hydrogen-bond donors (Lipinski definition) is 0. The number of benzene rings is 3. The van der Waals surface area contributed by atoms with Crippen LogP contribution < -0.4 is 4.74 Å². The first-order chi connectivity index (χ1) is 16.7. The molecule has 0 fully saturated rings. The van der Waals surface area contributed by atoms with Crippen LogP contribution in [0, 0.1) is 5.82 Å². The Bertz CT molecular complexity index is 1220. The molecule has 1 heterocycles. The third-order valence-corrected chi connectivity index (χ3v) is 6.10. The van der Waals surface area contributed by atoms with Crippen LogP contribution in [-0.4, -0.2) is 37.9 Å². The number of rotatable bonds is 10. The molecule has 8 heteroatoms. The first-order valence-electron chi connectivity index (χ1n) is 11.0. The van der Waals surface area contributed by atoms with Gasteiger partial charge in [0.05, 0.1) is 5.75 Å². The summed E-state index contributed by atoms with van der Waals surface area (Å²) in [6, 6.07) is 25.7. The van der Waals surface area contributed by atoms with E-state index in [1.54, 1.807) is 18.2 Å². The standard InChI is InChI=1S/C26H25FN4O2S/c1-2-30(17-20-11-5-3-6-12-20)25(32)19-34-26-29-28-24(31(26)21-13-7-4-8-14-21)18-33-23-16-10-9-15-22(23)27/h3-16H,2,17-19H2,1H3. The van der Waals surface area contributed by atoms with Crippen LogP contribution in [0.15, 0.2) is 90.1 Å². The molecule has 0 saturated heterocycles. The summed E-state index contributed by atoms with van der Waals surface area (Å²) >= 11 is 1.32. The van der Waals surface area contributed by atoms with E-state index in [1.807, 2.05) is 77.1 Å². The molecule has 1 amide bonds. The van der Waals surface area contributed by atoms with Crippen molar-refractivity contribution in [3.8, 4) is 11.4 Å². The summed E-state index contributed by atoms with van der Waals surface area (Å²) in [6.07, 6.45) is 0. The van der Waals surface area contributed by atoms with Crippen LogP contribution in [0.5, 0.6) is 5.75 Å². The molecule has 0 aliphatic rings. The maximum atomic E-state index is 14.0. The van der Waals surface area contributed by atoms with E-state index in [1.165, 1.54) is 17.8 Å². The molecule has 4 rings (SSSR count). The quantitative estimate of drug-likeness (QED) is 0.297. The second-order valence-corrected chi connectivity index (χ2v) is 8.41. The fourth-order valence-corrected chi connectivity index (χ4v) is 4.30. The number of carbonyl (C=O) groups is 1. The van der Waals surface area contributed by atoms with Crippen molar-refractivity contribution in [2.75, 3.05) is 12.3 Å². The Balaban J connectivity index is 1.50. The molecule has 4 aromatic rings. The Morgan fingerprint density at radius 1 is 0.971 bits per heavy atom. The summed E-state index contributed by atoms with van der Waals surface area (Å²) in [4.78, 5) is 14.7. The van der Waals surface area contributed by atoms with E-state index >= 15 is 0 Å². The first kappa shape index (κ1) is 23.5. The highest BCUT2D eigenvalue weighted by Gasteiger charge is 2.19. The van der Waals surface area contributed by atoms with Crippen molar-refractivity contribution < 1.29 is 13.9 Å². The normalized spacial score (nSPS) is 10.8. The molecule has 0 bridgehead atoms. The summed E-state index contributed by atoms with van der Waals surface area (Å²) in [5, 5.41) is 9.14. The number of hydrogen-bond acceptors (Lipinski definition) is 5. The van der Waals surface area contributed by atoms with Crippen LogP contribution in [-0.2, 0) is 17.9 Å². The van der Waals surface area contributed by atoms with Crippen molar-refractivity contribution in [1.82, 2.24) is 19.7 Å². The van der Waals surface area contributed by atoms with Gasteiger partial charge in [0.15, 0.2) is 22.5 Å². The number of thioether (sulfide) groups is 1. The van der Waals surface area contributed by atoms with Crippen LogP contribution in [0.2, 0.25) is 0 Å². The number of para-hydroxylation sites is 2. The lowest BCUT2D eigenvalue weighted by molar-refractivity contribution is -0.128. The topological polar surface area (TPSA) is 60.3 Å². The molecule has 174 valence electrons. The lowest BCUT2D eigenvalue weighted by Gasteiger charge is -2.21. The second kappa shape index (κ2) is 11.5. The predicted molar refractivity (Wildman–Crippen MR) is 130 cm³/mol. The van der Waals surface area contributed by atoms with Gasteiger partial charge >= 0.3 is 0 Å². The van der Waals surface area contributed by atoms with Crippen molar-refractivity contribution in [3.05, 3.63) is 102 Å². The molecule has 3 aromatic carbocycles. The largest absolute Gasteiger partial charge is 0.483 e. The lowest BCUT2D eigenvalue weighted by Crippen LogP contribution is -2.31. The minimum atomic E-state index is -0.438. The van der Waals surface area contributed by atoms with Gasteiger partial charge in [-0.1, -0.05) is 72.4 Å². The van der Waals surface area contributed by atoms with Crippen molar-refractivity contribution in [2.24, 2.45) is 0 Å². The van der Waals surface area contributed by atoms with E-state index in [-0.39, 0.29) is 24.0 Å². The third-order valence-electron chi connectivity index (χ3n) is 5.18. The molecule has 0 saturated carbocycles. The van der Waals surface area contributed by atoms with Crippen molar-refractivity contribution >= 4 is 17.7 Å². The number of aromatic nitrogens is 3. The maximum Gasteiger partial charge on any atom is 0.233 e. The monoisotopic (exact) mass is 476 g/mol. The Kier molecular flexibility index (Phi) is 7.93. The molecule has 0 atom stereocenters. The maximum absolute atomic E-state index is 14.0. The highest BCUT2D eigenvalue weighted by molar-refractivity contribution is 7.99. The number of carbonyl (C=O) groups excluding carboxylic acids is 1. The molecule has 0 unspecified atom stereocenters. The van der Waals surface area contributed by atoms with Crippen LogP contribution in [0.4, 0.5) is 4.39 Å². The van der Waals surface area contributed by atoms with Gasteiger partial charge in [-0.25, -0.2) is 4.39 Å². The Hall–Kier alpha value is -3.65. The highest BCUT2D eigenvalue weighted by Crippen LogP contribution is 2.24. The van der Waals surface area contributed by atoms with E-state index in [0.29, 0.717) is 24.1 Å². The number of nitrogens with zero attached hydrogens (tertiary/aromatic N) is 4. The van der Waals surface area contributed by atoms with Gasteiger partial charge in [0.25, 0.3) is 0 Å². The van der Waals surface area contributed by atoms with Gasteiger partial charge in [-0.2, -0.15) is 0 Å². The average Bonchev–Trinajstić information content (AvgIpc) is 3.29. The van der Waals surface area contributed by atoms with Crippen LogP contribution in [0.3, 0.4) is 0 Å². The van der Waals surface area contributed by atoms with E-state index in [2.05, 4.69) is 10.2 Å². The second-order valence-electron chi connectivity index (χ2n) is 7.47. The fraction of sp³-hybridized carbons (Fsp3) is 0.192. The van der Waals surface area contributed by atoms with Gasteiger partial charge in [-0.15, -0.1) is 10.2 Å². The van der Waals surface area contributed by atoms with E-state index in [0.717, 1.165) is 11.3 Å². The van der Waals surface area contributed by atoms with Crippen LogP contribution >= 0.6 is 11.8 Å². The van der Waals surface area contributed by atoms with Crippen LogP contribution in [0.1, 0.15) is 18.3 Å². The first-order valence-corrected chi connectivity index (χ1v) is 12.0. The van der Waals surface area contributed by atoms with Gasteiger partial charge in [-0.05, 0) is 36.8 Å². The zero-order chi connectivity index (χ0) is 23.8. The molecule has 6 nitrogen and oxygen atoms in total. The highest BCUT2D eigenvalue weighted by atomic mass is 32.2. The minimum Gasteiger partial charge on any atom is -0.483 e. The number of amides is 1. The predicted octanol–water partition coefficient (Wildman–Crippen LogP) is 5.13. The summed E-state index contributed by atoms with van der Waals surface area (Å²) in [5.41, 5.74) is 1.92. The SMILES string of the molecule is CCN(Cc1ccccc1)C(=O)CSc1nnc(COc2ccccc2F)n1-c1ccccc1. The number of ether oxygens (including phenoxy) is 1. The Morgan fingerprint density at radius 2 is 1.65 bits per heavy atom. The molecule has 0 aliphatic carbocycles. The molecule has 1 aromatic heterocycles. The minimum absolute atomic E-state index is 0.0168. The zero-order valence-corrected chi connectivity index (χ0v) is 19.6. The third kappa shape index (κ3) is 5.82. The number of halogens is 1. The van der Waals surface area contributed by atoms with E-state index in [4.69, 9.17) is 4.74 Å². The fourth-order valence-electron chi connectivity index (χ4n) is 3.43. The average molecular weight is 477 g/mol. The van der Waals surface area contributed by atoms with E-state index in [9.17, 15) is 9.18 Å². The van der Waals surface area contributed by atoms with Crippen molar-refractivity contribution in [2.45, 2.75) is 25.2 Å². The lowest BCUT2D eigenvalue weighted by atomic mass is 10.2. The van der Waals surface area contributed by atoms with Gasteiger partial charge in [0.2, 0.25) is 5.91 Å². The molecule has 34 heavy (non-hydrogen) atoms. The molecule has 0 radical (unpaired) electrons. The smallest absolute Gasteiger partial charge is 0.233 e. The zero-order valence-electron chi connectivity index (χ0n) is 18.8. The molecule has 0 N–H and O–H groups in total. The van der Waals surface area contributed by atoms with Crippen molar-refractivity contribution in [3.63, 3.8) is 0 Å². The molecular formula is C26H25FN4O2S. The van der Waals surface area contributed by atoms with Gasteiger partial charge in [0, 0.05) is 18.8 Å². The van der Waals surface area contributed by atoms with Gasteiger partial charge < -0.3 is 9.64 Å². The molecule has 0 spiro atoms.